The molecular formula is C18H33N3O2. The van der Waals surface area contributed by atoms with Crippen LogP contribution in [-0.4, -0.2) is 74.2 Å². The summed E-state index contributed by atoms with van der Waals surface area (Å²) < 4.78 is 5.36. The second kappa shape index (κ2) is 7.49. The summed E-state index contributed by atoms with van der Waals surface area (Å²) in [7, 11) is 2.26. The van der Waals surface area contributed by atoms with Gasteiger partial charge in [-0.1, -0.05) is 6.92 Å². The van der Waals surface area contributed by atoms with E-state index < -0.39 is 0 Å². The van der Waals surface area contributed by atoms with Crippen molar-refractivity contribution >= 4 is 5.91 Å². The Hall–Kier alpha value is -0.650. The largest absolute Gasteiger partial charge is 0.379 e. The number of rotatable bonds is 4. The molecule has 23 heavy (non-hydrogen) atoms. The van der Waals surface area contributed by atoms with Gasteiger partial charge in [-0.2, -0.15) is 0 Å². The van der Waals surface area contributed by atoms with Gasteiger partial charge in [0.05, 0.1) is 13.2 Å². The number of fused-ring (bicyclic) bond motifs is 1. The second-order valence-corrected chi connectivity index (χ2v) is 7.75. The van der Waals surface area contributed by atoms with Gasteiger partial charge in [0.15, 0.2) is 0 Å². The Morgan fingerprint density at radius 3 is 2.70 bits per heavy atom. The molecule has 0 spiro atoms. The van der Waals surface area contributed by atoms with Crippen molar-refractivity contribution in [2.75, 3.05) is 46.4 Å². The molecule has 3 fully saturated rings. The number of carbonyl (C=O) groups excluding carboxylic acids is 1. The van der Waals surface area contributed by atoms with Crippen molar-refractivity contribution < 1.29 is 9.53 Å². The van der Waals surface area contributed by atoms with Crippen molar-refractivity contribution in [3.05, 3.63) is 0 Å². The van der Waals surface area contributed by atoms with Crippen molar-refractivity contribution in [1.82, 2.24) is 15.1 Å². The van der Waals surface area contributed by atoms with Crippen LogP contribution in [0.5, 0.6) is 0 Å². The number of carbonyl (C=O) groups is 1. The maximum Gasteiger partial charge on any atom is 0.223 e. The molecule has 2 saturated heterocycles. The normalized spacial score (nSPS) is 39.2. The maximum atomic E-state index is 12.5. The lowest BCUT2D eigenvalue weighted by molar-refractivity contribution is -0.126. The highest BCUT2D eigenvalue weighted by Gasteiger charge is 2.46. The van der Waals surface area contributed by atoms with E-state index in [-0.39, 0.29) is 11.8 Å². The minimum atomic E-state index is 0.224. The average molecular weight is 323 g/mol. The fourth-order valence-electron chi connectivity index (χ4n) is 4.84. The van der Waals surface area contributed by atoms with Crippen LogP contribution in [0.1, 0.15) is 33.1 Å². The average Bonchev–Trinajstić information content (AvgIpc) is 2.80. The van der Waals surface area contributed by atoms with Crippen LogP contribution < -0.4 is 5.32 Å². The van der Waals surface area contributed by atoms with Gasteiger partial charge < -0.3 is 15.0 Å². The Kier molecular flexibility index (Phi) is 5.60. The SMILES string of the molecule is CC1C2CC(C(=O)NCCN3CCOCC3)CCC2N(C)C1C. The predicted molar refractivity (Wildman–Crippen MR) is 91.3 cm³/mol. The van der Waals surface area contributed by atoms with Crippen molar-refractivity contribution in [3.63, 3.8) is 0 Å². The fraction of sp³-hybridized carbons (Fsp3) is 0.944. The van der Waals surface area contributed by atoms with Crippen LogP contribution in [0, 0.1) is 17.8 Å². The lowest BCUT2D eigenvalue weighted by Crippen LogP contribution is -2.44. The quantitative estimate of drug-likeness (QED) is 0.844. The van der Waals surface area contributed by atoms with Crippen LogP contribution in [-0.2, 0) is 9.53 Å². The van der Waals surface area contributed by atoms with Crippen molar-refractivity contribution in [2.24, 2.45) is 17.8 Å². The van der Waals surface area contributed by atoms with Gasteiger partial charge in [0.1, 0.15) is 0 Å². The van der Waals surface area contributed by atoms with Gasteiger partial charge in [-0.05, 0) is 45.1 Å². The van der Waals surface area contributed by atoms with Crippen LogP contribution >= 0.6 is 0 Å². The molecule has 1 N–H and O–H groups in total. The molecular weight excluding hydrogens is 290 g/mol. The molecule has 0 radical (unpaired) electrons. The van der Waals surface area contributed by atoms with E-state index in [1.165, 1.54) is 6.42 Å². The van der Waals surface area contributed by atoms with E-state index in [9.17, 15) is 4.79 Å². The molecule has 2 heterocycles. The molecule has 0 aromatic carbocycles. The summed E-state index contributed by atoms with van der Waals surface area (Å²) in [6.07, 6.45) is 3.30. The number of likely N-dealkylation sites (tertiary alicyclic amines) is 1. The lowest BCUT2D eigenvalue weighted by Gasteiger charge is -2.35. The monoisotopic (exact) mass is 323 g/mol. The fourth-order valence-corrected chi connectivity index (χ4v) is 4.84. The van der Waals surface area contributed by atoms with Crippen LogP contribution in [0.2, 0.25) is 0 Å². The molecule has 0 bridgehead atoms. The summed E-state index contributed by atoms with van der Waals surface area (Å²) in [6, 6.07) is 1.34. The molecule has 3 rings (SSSR count). The Morgan fingerprint density at radius 2 is 1.96 bits per heavy atom. The zero-order chi connectivity index (χ0) is 16.4. The minimum absolute atomic E-state index is 0.224. The molecule has 5 nitrogen and oxygen atoms in total. The van der Waals surface area contributed by atoms with Gasteiger partial charge in [-0.15, -0.1) is 0 Å². The zero-order valence-electron chi connectivity index (χ0n) is 15.0. The summed E-state index contributed by atoms with van der Waals surface area (Å²) >= 11 is 0. The first-order chi connectivity index (χ1) is 11.1. The van der Waals surface area contributed by atoms with E-state index in [2.05, 4.69) is 36.0 Å². The topological polar surface area (TPSA) is 44.8 Å². The third-order valence-corrected chi connectivity index (χ3v) is 6.67. The van der Waals surface area contributed by atoms with E-state index >= 15 is 0 Å². The highest BCUT2D eigenvalue weighted by atomic mass is 16.5. The molecule has 0 aromatic heterocycles. The standard InChI is InChI=1S/C18H33N3O2/c1-13-14(2)20(3)17-5-4-15(12-16(13)17)18(22)19-6-7-21-8-10-23-11-9-21/h13-17H,4-12H2,1-3H3,(H,19,22). The van der Waals surface area contributed by atoms with Crippen LogP contribution in [0.25, 0.3) is 0 Å². The van der Waals surface area contributed by atoms with Gasteiger partial charge in [0.25, 0.3) is 0 Å². The van der Waals surface area contributed by atoms with Gasteiger partial charge >= 0.3 is 0 Å². The summed E-state index contributed by atoms with van der Waals surface area (Å²) in [5.41, 5.74) is 0. The zero-order valence-corrected chi connectivity index (χ0v) is 15.0. The van der Waals surface area contributed by atoms with Crippen molar-refractivity contribution in [2.45, 2.75) is 45.2 Å². The maximum absolute atomic E-state index is 12.5. The molecule has 1 amide bonds. The highest BCUT2D eigenvalue weighted by molar-refractivity contribution is 5.78. The molecule has 5 unspecified atom stereocenters. The number of nitrogens with one attached hydrogen (secondary N) is 1. The van der Waals surface area contributed by atoms with Crippen LogP contribution in [0.4, 0.5) is 0 Å². The van der Waals surface area contributed by atoms with Gasteiger partial charge in [-0.3, -0.25) is 9.69 Å². The number of morpholine rings is 1. The number of nitrogens with zero attached hydrogens (tertiary/aromatic N) is 2. The first-order valence-electron chi connectivity index (χ1n) is 9.37. The number of amides is 1. The van der Waals surface area contributed by atoms with E-state index in [1.807, 2.05) is 0 Å². The Labute approximate surface area is 140 Å². The second-order valence-electron chi connectivity index (χ2n) is 7.75. The molecule has 1 saturated carbocycles. The molecule has 2 aliphatic heterocycles. The minimum Gasteiger partial charge on any atom is -0.379 e. The third-order valence-electron chi connectivity index (χ3n) is 6.67. The Morgan fingerprint density at radius 1 is 1.22 bits per heavy atom. The Bertz CT molecular complexity index is 411. The molecule has 5 atom stereocenters. The van der Waals surface area contributed by atoms with Crippen LogP contribution in [0.3, 0.4) is 0 Å². The van der Waals surface area contributed by atoms with E-state index in [0.29, 0.717) is 23.9 Å². The molecule has 3 aliphatic rings. The van der Waals surface area contributed by atoms with Gasteiger partial charge in [0.2, 0.25) is 5.91 Å². The Balaban J connectivity index is 1.43. The lowest BCUT2D eigenvalue weighted by atomic mass is 9.74. The predicted octanol–water partition coefficient (Wildman–Crippen LogP) is 1.19. The van der Waals surface area contributed by atoms with Gasteiger partial charge in [0, 0.05) is 44.2 Å². The van der Waals surface area contributed by atoms with Gasteiger partial charge in [-0.25, -0.2) is 0 Å². The number of hydrogen-bond donors (Lipinski definition) is 1. The third kappa shape index (κ3) is 3.72. The smallest absolute Gasteiger partial charge is 0.223 e. The summed E-state index contributed by atoms with van der Waals surface area (Å²) in [5.74, 6) is 1.90. The summed E-state index contributed by atoms with van der Waals surface area (Å²) in [4.78, 5) is 17.4. The number of ether oxygens (including phenoxy) is 1. The highest BCUT2D eigenvalue weighted by Crippen LogP contribution is 2.44. The summed E-state index contributed by atoms with van der Waals surface area (Å²) in [6.45, 7) is 10.0. The molecule has 132 valence electrons. The number of hydrogen-bond acceptors (Lipinski definition) is 4. The van der Waals surface area contributed by atoms with E-state index in [0.717, 1.165) is 52.2 Å². The molecule has 5 heteroatoms. The van der Waals surface area contributed by atoms with E-state index in [1.54, 1.807) is 0 Å². The first kappa shape index (κ1) is 17.2. The van der Waals surface area contributed by atoms with Crippen molar-refractivity contribution in [1.29, 1.82) is 0 Å². The van der Waals surface area contributed by atoms with Crippen LogP contribution in [0.15, 0.2) is 0 Å². The van der Waals surface area contributed by atoms with E-state index in [4.69, 9.17) is 4.74 Å². The summed E-state index contributed by atoms with van der Waals surface area (Å²) in [5, 5.41) is 3.18. The molecule has 0 aromatic rings. The van der Waals surface area contributed by atoms with Crippen molar-refractivity contribution in [3.8, 4) is 0 Å². The first-order valence-corrected chi connectivity index (χ1v) is 9.37. The molecule has 1 aliphatic carbocycles.